The number of carboxylic acid groups (broad SMARTS) is 1. The van der Waals surface area contributed by atoms with Crippen molar-refractivity contribution >= 4 is 11.7 Å². The Morgan fingerprint density at radius 3 is 2.55 bits per heavy atom. The Bertz CT molecular complexity index is 718. The van der Waals surface area contributed by atoms with Crippen LogP contribution in [0.4, 0.5) is 5.69 Å². The Labute approximate surface area is 128 Å². The first-order valence-electron chi connectivity index (χ1n) is 6.84. The minimum absolute atomic E-state index is 0.140. The molecule has 0 saturated heterocycles. The summed E-state index contributed by atoms with van der Waals surface area (Å²) in [5.74, 6) is -1.13. The Morgan fingerprint density at radius 1 is 1.32 bits per heavy atom. The largest absolute Gasteiger partial charge is 0.548 e. The van der Waals surface area contributed by atoms with Crippen molar-refractivity contribution in [1.82, 2.24) is 0 Å². The van der Waals surface area contributed by atoms with E-state index in [2.05, 4.69) is 5.32 Å². The number of aryl methyl sites for hydroxylation is 1. The van der Waals surface area contributed by atoms with Gasteiger partial charge in [-0.3, -0.25) is 0 Å². The smallest absolute Gasteiger partial charge is 0.118 e. The zero-order chi connectivity index (χ0) is 16.1. The van der Waals surface area contributed by atoms with E-state index in [0.29, 0.717) is 28.8 Å². The van der Waals surface area contributed by atoms with E-state index in [4.69, 9.17) is 5.26 Å². The minimum atomic E-state index is -1.27. The van der Waals surface area contributed by atoms with Crippen LogP contribution in [0.5, 0.6) is 5.75 Å². The van der Waals surface area contributed by atoms with Crippen molar-refractivity contribution in [3.05, 3.63) is 59.2 Å². The van der Waals surface area contributed by atoms with Crippen LogP contribution >= 0.6 is 0 Å². The number of phenols is 1. The molecule has 0 aliphatic rings. The van der Waals surface area contributed by atoms with Gasteiger partial charge in [-0.05, 0) is 53.9 Å². The summed E-state index contributed by atoms with van der Waals surface area (Å²) in [6, 6.07) is 12.1. The van der Waals surface area contributed by atoms with E-state index in [1.54, 1.807) is 36.4 Å². The van der Waals surface area contributed by atoms with Crippen LogP contribution in [-0.4, -0.2) is 11.1 Å². The Balaban J connectivity index is 2.30. The number of anilines is 1. The third-order valence-corrected chi connectivity index (χ3v) is 3.38. The summed E-state index contributed by atoms with van der Waals surface area (Å²) < 4.78 is 0. The lowest BCUT2D eigenvalue weighted by atomic mass is 10.0. The SMILES string of the molecule is CCc1cc(C(Nc2ccc(C#N)cc2)C(=O)[O-])ccc1O. The number of nitrogens with one attached hydrogen (secondary N) is 1. The van der Waals surface area contributed by atoms with Crippen LogP contribution < -0.4 is 10.4 Å². The van der Waals surface area contributed by atoms with E-state index in [-0.39, 0.29) is 5.75 Å². The van der Waals surface area contributed by atoms with Gasteiger partial charge < -0.3 is 20.3 Å². The predicted molar refractivity (Wildman–Crippen MR) is 80.0 cm³/mol. The van der Waals surface area contributed by atoms with Gasteiger partial charge in [0, 0.05) is 5.69 Å². The summed E-state index contributed by atoms with van der Waals surface area (Å²) in [7, 11) is 0. The Morgan fingerprint density at radius 2 is 2.00 bits per heavy atom. The van der Waals surface area contributed by atoms with Crippen molar-refractivity contribution in [3.63, 3.8) is 0 Å². The summed E-state index contributed by atoms with van der Waals surface area (Å²) in [6.45, 7) is 1.88. The monoisotopic (exact) mass is 295 g/mol. The number of hydrogen-bond donors (Lipinski definition) is 2. The van der Waals surface area contributed by atoms with Crippen LogP contribution in [0.25, 0.3) is 0 Å². The van der Waals surface area contributed by atoms with Crippen molar-refractivity contribution in [2.75, 3.05) is 5.32 Å². The van der Waals surface area contributed by atoms with Crippen LogP contribution in [0, 0.1) is 11.3 Å². The molecule has 0 saturated carbocycles. The topological polar surface area (TPSA) is 96.2 Å². The second-order valence-electron chi connectivity index (χ2n) is 4.83. The lowest BCUT2D eigenvalue weighted by Crippen LogP contribution is -2.34. The minimum Gasteiger partial charge on any atom is -0.548 e. The highest BCUT2D eigenvalue weighted by atomic mass is 16.4. The molecular weight excluding hydrogens is 280 g/mol. The molecule has 0 aromatic heterocycles. The molecule has 1 atom stereocenters. The second-order valence-corrected chi connectivity index (χ2v) is 4.83. The second kappa shape index (κ2) is 6.64. The maximum Gasteiger partial charge on any atom is 0.118 e. The molecule has 2 aromatic rings. The van der Waals surface area contributed by atoms with Gasteiger partial charge in [-0.1, -0.05) is 13.0 Å². The van der Waals surface area contributed by atoms with Gasteiger partial charge >= 0.3 is 0 Å². The van der Waals surface area contributed by atoms with Crippen LogP contribution in [0.2, 0.25) is 0 Å². The number of carboxylic acids is 1. The quantitative estimate of drug-likeness (QED) is 0.875. The standard InChI is InChI=1S/C17H16N2O3/c1-2-12-9-13(5-8-15(12)20)16(17(21)22)19-14-6-3-11(10-18)4-7-14/h3-9,16,19-20H,2H2,1H3,(H,21,22)/p-1. The molecule has 0 aliphatic carbocycles. The Hall–Kier alpha value is -3.00. The normalized spacial score (nSPS) is 11.5. The zero-order valence-electron chi connectivity index (χ0n) is 12.0. The number of hydrogen-bond acceptors (Lipinski definition) is 5. The van der Waals surface area contributed by atoms with E-state index in [1.807, 2.05) is 13.0 Å². The molecule has 112 valence electrons. The van der Waals surface area contributed by atoms with Gasteiger partial charge in [-0.15, -0.1) is 0 Å². The number of aromatic hydroxyl groups is 1. The number of aliphatic carboxylic acids is 1. The number of carbonyl (C=O) groups is 1. The van der Waals surface area contributed by atoms with Crippen molar-refractivity contribution in [3.8, 4) is 11.8 Å². The fourth-order valence-corrected chi connectivity index (χ4v) is 2.15. The molecule has 2 aromatic carbocycles. The van der Waals surface area contributed by atoms with Gasteiger partial charge in [-0.25, -0.2) is 0 Å². The van der Waals surface area contributed by atoms with Crippen LogP contribution in [-0.2, 0) is 11.2 Å². The van der Waals surface area contributed by atoms with E-state index < -0.39 is 12.0 Å². The molecule has 5 nitrogen and oxygen atoms in total. The van der Waals surface area contributed by atoms with Crippen LogP contribution in [0.1, 0.15) is 29.7 Å². The maximum atomic E-state index is 11.4. The summed E-state index contributed by atoms with van der Waals surface area (Å²) in [5, 5.41) is 32.7. The van der Waals surface area contributed by atoms with Crippen LogP contribution in [0.3, 0.4) is 0 Å². The molecule has 0 fully saturated rings. The summed E-state index contributed by atoms with van der Waals surface area (Å²) >= 11 is 0. The summed E-state index contributed by atoms with van der Waals surface area (Å²) in [6.07, 6.45) is 0.594. The first kappa shape index (κ1) is 15.4. The van der Waals surface area contributed by atoms with Crippen LogP contribution in [0.15, 0.2) is 42.5 Å². The summed E-state index contributed by atoms with van der Waals surface area (Å²) in [5.41, 5.74) is 2.23. The third kappa shape index (κ3) is 3.36. The lowest BCUT2D eigenvalue weighted by Gasteiger charge is -2.22. The molecule has 0 aliphatic heterocycles. The van der Waals surface area contributed by atoms with E-state index in [0.717, 1.165) is 0 Å². The van der Waals surface area contributed by atoms with E-state index in [1.165, 1.54) is 6.07 Å². The molecule has 2 rings (SSSR count). The Kier molecular flexibility index (Phi) is 4.64. The molecule has 5 heteroatoms. The molecule has 0 bridgehead atoms. The number of rotatable bonds is 5. The molecule has 22 heavy (non-hydrogen) atoms. The number of benzene rings is 2. The van der Waals surface area contributed by atoms with Crippen molar-refractivity contribution in [1.29, 1.82) is 5.26 Å². The third-order valence-electron chi connectivity index (χ3n) is 3.38. The lowest BCUT2D eigenvalue weighted by molar-refractivity contribution is -0.307. The molecule has 2 N–H and O–H groups in total. The van der Waals surface area contributed by atoms with Gasteiger partial charge in [0.2, 0.25) is 0 Å². The van der Waals surface area contributed by atoms with Crippen molar-refractivity contribution < 1.29 is 15.0 Å². The molecule has 0 radical (unpaired) electrons. The van der Waals surface area contributed by atoms with E-state index >= 15 is 0 Å². The predicted octanol–water partition coefficient (Wildman–Crippen LogP) is 1.73. The molecule has 0 heterocycles. The van der Waals surface area contributed by atoms with Gasteiger partial charge in [0.05, 0.1) is 23.6 Å². The zero-order valence-corrected chi connectivity index (χ0v) is 12.0. The molecule has 0 amide bonds. The highest BCUT2D eigenvalue weighted by Crippen LogP contribution is 2.25. The number of nitriles is 1. The first-order valence-corrected chi connectivity index (χ1v) is 6.84. The number of phenolic OH excluding ortho intramolecular Hbond substituents is 1. The molecular formula is C17H15N2O3-. The van der Waals surface area contributed by atoms with Gasteiger partial charge in [0.25, 0.3) is 0 Å². The maximum absolute atomic E-state index is 11.4. The molecule has 1 unspecified atom stereocenters. The van der Waals surface area contributed by atoms with Gasteiger partial charge in [0.1, 0.15) is 5.75 Å². The molecule has 0 spiro atoms. The average molecular weight is 295 g/mol. The highest BCUT2D eigenvalue weighted by molar-refractivity contribution is 5.77. The van der Waals surface area contributed by atoms with E-state index in [9.17, 15) is 15.0 Å². The number of nitrogens with zero attached hydrogens (tertiary/aromatic N) is 1. The van der Waals surface area contributed by atoms with Gasteiger partial charge in [-0.2, -0.15) is 5.26 Å². The van der Waals surface area contributed by atoms with Gasteiger partial charge in [0.15, 0.2) is 0 Å². The van der Waals surface area contributed by atoms with Crippen molar-refractivity contribution in [2.24, 2.45) is 0 Å². The first-order chi connectivity index (χ1) is 10.5. The number of carbonyl (C=O) groups excluding carboxylic acids is 1. The highest BCUT2D eigenvalue weighted by Gasteiger charge is 2.14. The fourth-order valence-electron chi connectivity index (χ4n) is 2.15. The van der Waals surface area contributed by atoms with Crippen molar-refractivity contribution in [2.45, 2.75) is 19.4 Å². The fraction of sp³-hybridized carbons (Fsp3) is 0.176. The average Bonchev–Trinajstić information content (AvgIpc) is 2.53. The summed E-state index contributed by atoms with van der Waals surface area (Å²) in [4.78, 5) is 11.4.